The van der Waals surface area contributed by atoms with E-state index in [1.165, 1.54) is 12.0 Å². The number of H-pyrrole nitrogens is 1. The van der Waals surface area contributed by atoms with Crippen molar-refractivity contribution in [3.63, 3.8) is 0 Å². The van der Waals surface area contributed by atoms with Gasteiger partial charge in [-0.05, 0) is 71.2 Å². The van der Waals surface area contributed by atoms with E-state index in [0.29, 0.717) is 35.4 Å². The Morgan fingerprint density at radius 2 is 1.77 bits per heavy atom. The highest BCUT2D eigenvalue weighted by Crippen LogP contribution is 2.39. The number of nitrogens with one attached hydrogen (secondary N) is 1. The SMILES string of the molecule is COc1cc(C)[nH]c(=O)c1CCC(=O)c1c(C)n([C@H](C)C2CCN(CC(F)(F)C(F)(F)F)CC2)c2ccccc12. The minimum Gasteiger partial charge on any atom is -0.496 e. The highest BCUT2D eigenvalue weighted by Gasteiger charge is 2.58. The van der Waals surface area contributed by atoms with E-state index in [0.717, 1.165) is 16.6 Å². The predicted molar refractivity (Wildman–Crippen MR) is 143 cm³/mol. The molecule has 0 bridgehead atoms. The monoisotopic (exact) mass is 567 g/mol. The molecule has 4 rings (SSSR count). The van der Waals surface area contributed by atoms with Crippen molar-refractivity contribution in [2.75, 3.05) is 26.7 Å². The lowest BCUT2D eigenvalue weighted by atomic mass is 9.89. The second kappa shape index (κ2) is 11.3. The van der Waals surface area contributed by atoms with Gasteiger partial charge in [0.2, 0.25) is 0 Å². The zero-order valence-electron chi connectivity index (χ0n) is 23.0. The van der Waals surface area contributed by atoms with Crippen molar-refractivity contribution in [1.29, 1.82) is 0 Å². The fourth-order valence-electron chi connectivity index (χ4n) is 5.91. The Bertz CT molecular complexity index is 1440. The van der Waals surface area contributed by atoms with Crippen molar-refractivity contribution in [3.05, 3.63) is 63.2 Å². The minimum atomic E-state index is -5.57. The van der Waals surface area contributed by atoms with Crippen LogP contribution in [0, 0.1) is 19.8 Å². The van der Waals surface area contributed by atoms with E-state index in [9.17, 15) is 31.5 Å². The van der Waals surface area contributed by atoms with Crippen LogP contribution < -0.4 is 10.3 Å². The molecule has 3 heterocycles. The Hall–Kier alpha value is -3.21. The summed E-state index contributed by atoms with van der Waals surface area (Å²) in [7, 11) is 1.48. The molecule has 1 N–H and O–H groups in total. The molecular formula is C29H34F5N3O3. The average Bonchev–Trinajstić information content (AvgIpc) is 3.18. The molecule has 0 amide bonds. The largest absolute Gasteiger partial charge is 0.496 e. The topological polar surface area (TPSA) is 67.3 Å². The van der Waals surface area contributed by atoms with Gasteiger partial charge in [0.25, 0.3) is 5.56 Å². The van der Waals surface area contributed by atoms with Crippen LogP contribution in [0.2, 0.25) is 0 Å². The van der Waals surface area contributed by atoms with Gasteiger partial charge >= 0.3 is 12.1 Å². The van der Waals surface area contributed by atoms with Crippen molar-refractivity contribution < 1.29 is 31.5 Å². The van der Waals surface area contributed by atoms with E-state index < -0.39 is 18.6 Å². The van der Waals surface area contributed by atoms with Crippen LogP contribution in [0.5, 0.6) is 5.75 Å². The maximum absolute atomic E-state index is 13.6. The van der Waals surface area contributed by atoms with Crippen LogP contribution in [-0.2, 0) is 6.42 Å². The Labute approximate surface area is 229 Å². The van der Waals surface area contributed by atoms with E-state index in [1.54, 1.807) is 13.0 Å². The van der Waals surface area contributed by atoms with Gasteiger partial charge in [0.1, 0.15) is 5.75 Å². The number of piperidine rings is 1. The van der Waals surface area contributed by atoms with Crippen LogP contribution in [0.4, 0.5) is 22.0 Å². The van der Waals surface area contributed by atoms with Gasteiger partial charge in [-0.3, -0.25) is 14.5 Å². The smallest absolute Gasteiger partial charge is 0.454 e. The van der Waals surface area contributed by atoms with E-state index in [-0.39, 0.29) is 49.2 Å². The molecule has 0 saturated carbocycles. The molecule has 3 aromatic rings. The number of ketones is 1. The molecule has 1 aliphatic heterocycles. The number of rotatable bonds is 9. The quantitative estimate of drug-likeness (QED) is 0.246. The second-order valence-electron chi connectivity index (χ2n) is 10.7. The fraction of sp³-hybridized carbons (Fsp3) is 0.517. The highest BCUT2D eigenvalue weighted by molar-refractivity contribution is 6.09. The number of carbonyl (C=O) groups is 1. The number of hydrogen-bond donors (Lipinski definition) is 1. The molecule has 0 radical (unpaired) electrons. The summed E-state index contributed by atoms with van der Waals surface area (Å²) in [6, 6.07) is 9.12. The molecule has 1 aromatic carbocycles. The molecule has 1 atom stereocenters. The van der Waals surface area contributed by atoms with E-state index in [4.69, 9.17) is 4.74 Å². The summed E-state index contributed by atoms with van der Waals surface area (Å²) in [5, 5.41) is 0.781. The van der Waals surface area contributed by atoms with Crippen molar-refractivity contribution in [3.8, 4) is 5.75 Å². The van der Waals surface area contributed by atoms with Gasteiger partial charge in [0.15, 0.2) is 5.78 Å². The number of aromatic nitrogens is 2. The number of aryl methyl sites for hydroxylation is 1. The van der Waals surface area contributed by atoms with Crippen LogP contribution in [0.3, 0.4) is 0 Å². The summed E-state index contributed by atoms with van der Waals surface area (Å²) >= 11 is 0. The van der Waals surface area contributed by atoms with Crippen LogP contribution in [0.15, 0.2) is 35.1 Å². The first-order chi connectivity index (χ1) is 18.7. The number of para-hydroxylation sites is 1. The maximum atomic E-state index is 13.6. The number of benzene rings is 1. The van der Waals surface area contributed by atoms with E-state index in [2.05, 4.69) is 9.55 Å². The van der Waals surface area contributed by atoms with Crippen molar-refractivity contribution in [1.82, 2.24) is 14.5 Å². The summed E-state index contributed by atoms with van der Waals surface area (Å²) in [6.07, 6.45) is -4.36. The van der Waals surface area contributed by atoms with Crippen molar-refractivity contribution >= 4 is 16.7 Å². The molecule has 40 heavy (non-hydrogen) atoms. The Morgan fingerprint density at radius 3 is 2.40 bits per heavy atom. The first kappa shape index (κ1) is 29.8. The van der Waals surface area contributed by atoms with Crippen LogP contribution in [-0.4, -0.2) is 59.1 Å². The molecule has 1 saturated heterocycles. The summed E-state index contributed by atoms with van der Waals surface area (Å²) in [6.45, 7) is 4.54. The molecule has 0 spiro atoms. The van der Waals surface area contributed by atoms with Gasteiger partial charge in [0, 0.05) is 40.3 Å². The van der Waals surface area contributed by atoms with Gasteiger partial charge in [-0.25, -0.2) is 0 Å². The van der Waals surface area contributed by atoms with Crippen molar-refractivity contribution in [2.45, 2.75) is 64.6 Å². The van der Waals surface area contributed by atoms with Gasteiger partial charge in [-0.1, -0.05) is 18.2 Å². The lowest BCUT2D eigenvalue weighted by Crippen LogP contribution is -2.49. The van der Waals surface area contributed by atoms with Crippen LogP contribution >= 0.6 is 0 Å². The number of ether oxygens (including phenoxy) is 1. The van der Waals surface area contributed by atoms with Gasteiger partial charge in [0.05, 0.1) is 19.2 Å². The molecule has 1 fully saturated rings. The normalized spacial score (nSPS) is 16.4. The zero-order chi connectivity index (χ0) is 29.4. The number of aromatic amines is 1. The number of hydrogen-bond acceptors (Lipinski definition) is 4. The highest BCUT2D eigenvalue weighted by atomic mass is 19.4. The van der Waals surface area contributed by atoms with E-state index in [1.807, 2.05) is 38.1 Å². The number of carbonyl (C=O) groups excluding carboxylic acids is 1. The summed E-state index contributed by atoms with van der Waals surface area (Å²) in [5.74, 6) is -4.41. The third kappa shape index (κ3) is 5.80. The first-order valence-corrected chi connectivity index (χ1v) is 13.3. The van der Waals surface area contributed by atoms with Gasteiger partial charge in [-0.15, -0.1) is 0 Å². The molecule has 0 aliphatic carbocycles. The number of Topliss-reactive ketones (excluding diaryl/α,β-unsaturated/α-hetero) is 1. The molecule has 2 aromatic heterocycles. The number of alkyl halides is 5. The molecule has 11 heteroatoms. The Balaban J connectivity index is 1.54. The third-order valence-electron chi connectivity index (χ3n) is 8.05. The third-order valence-corrected chi connectivity index (χ3v) is 8.05. The summed E-state index contributed by atoms with van der Waals surface area (Å²) < 4.78 is 72.6. The Morgan fingerprint density at radius 1 is 1.12 bits per heavy atom. The number of likely N-dealkylation sites (tertiary alicyclic amines) is 1. The number of nitrogens with zero attached hydrogens (tertiary/aromatic N) is 2. The van der Waals surface area contributed by atoms with Gasteiger partial charge < -0.3 is 14.3 Å². The predicted octanol–water partition coefficient (Wildman–Crippen LogP) is 6.24. The molecule has 218 valence electrons. The fourth-order valence-corrected chi connectivity index (χ4v) is 5.91. The maximum Gasteiger partial charge on any atom is 0.454 e. The first-order valence-electron chi connectivity index (χ1n) is 13.3. The lowest BCUT2D eigenvalue weighted by Gasteiger charge is -2.37. The van der Waals surface area contributed by atoms with Crippen LogP contribution in [0.25, 0.3) is 10.9 Å². The summed E-state index contributed by atoms with van der Waals surface area (Å²) in [4.78, 5) is 30.0. The Kier molecular flexibility index (Phi) is 8.44. The number of fused-ring (bicyclic) bond motifs is 1. The molecule has 0 unspecified atom stereocenters. The number of methoxy groups -OCH3 is 1. The number of pyridine rings is 1. The average molecular weight is 568 g/mol. The van der Waals surface area contributed by atoms with Crippen molar-refractivity contribution in [2.24, 2.45) is 5.92 Å². The standard InChI is InChI=1S/C29H34F5N3O3/c1-17-15-25(40-4)22(27(39)35-17)9-10-24(38)26-19(3)37(23-8-6-5-7-21(23)26)18(2)20-11-13-36(14-12-20)16-28(30,31)29(32,33)34/h5-8,15,18,20H,9-14,16H2,1-4H3,(H,35,39)/t18-/m1/s1. The minimum absolute atomic E-state index is 0.0311. The summed E-state index contributed by atoms with van der Waals surface area (Å²) in [5.41, 5.74) is 2.94. The molecule has 6 nitrogen and oxygen atoms in total. The van der Waals surface area contributed by atoms with E-state index >= 15 is 0 Å². The lowest BCUT2D eigenvalue weighted by molar-refractivity contribution is -0.287. The van der Waals surface area contributed by atoms with Crippen LogP contribution in [0.1, 0.15) is 59.5 Å². The van der Waals surface area contributed by atoms with Gasteiger partial charge in [-0.2, -0.15) is 22.0 Å². The zero-order valence-corrected chi connectivity index (χ0v) is 23.0. The molecule has 1 aliphatic rings. The second-order valence-corrected chi connectivity index (χ2v) is 10.7. The number of halogens is 5. The molecular weight excluding hydrogens is 533 g/mol.